The molecular weight excluding hydrogens is 190 g/mol. The summed E-state index contributed by atoms with van der Waals surface area (Å²) >= 11 is 0. The molecule has 4 heteroatoms. The second-order valence-corrected chi connectivity index (χ2v) is 4.82. The second kappa shape index (κ2) is 5.14. The van der Waals surface area contributed by atoms with Gasteiger partial charge in [-0.15, -0.1) is 0 Å². The fraction of sp³-hybridized carbons (Fsp3) is 0.818. The molecule has 86 valence electrons. The molecule has 15 heavy (non-hydrogen) atoms. The first-order valence-corrected chi connectivity index (χ1v) is 5.62. The van der Waals surface area contributed by atoms with Crippen LogP contribution < -0.4 is 11.2 Å². The third-order valence-corrected chi connectivity index (χ3v) is 3.07. The molecular formula is C11H21N3O. The molecule has 1 aliphatic carbocycles. The van der Waals surface area contributed by atoms with Crippen molar-refractivity contribution in [3.05, 3.63) is 0 Å². The predicted octanol–water partition coefficient (Wildman–Crippen LogP) is 2.10. The highest BCUT2D eigenvalue weighted by Crippen LogP contribution is 2.30. The Morgan fingerprint density at radius 2 is 2.20 bits per heavy atom. The number of primary amides is 1. The second-order valence-electron chi connectivity index (χ2n) is 4.82. The molecule has 0 bridgehead atoms. The zero-order chi connectivity index (χ0) is 11.4. The van der Waals surface area contributed by atoms with Crippen molar-refractivity contribution in [1.29, 1.82) is 0 Å². The number of amides is 2. The maximum atomic E-state index is 10.6. The first kappa shape index (κ1) is 12.0. The summed E-state index contributed by atoms with van der Waals surface area (Å²) in [5, 5.41) is 4.13. The van der Waals surface area contributed by atoms with Gasteiger partial charge in [-0.1, -0.05) is 20.8 Å². The fourth-order valence-electron chi connectivity index (χ4n) is 2.21. The number of hydrogen-bond acceptors (Lipinski definition) is 2. The maximum Gasteiger partial charge on any atom is 0.332 e. The van der Waals surface area contributed by atoms with Crippen LogP contribution in [0.5, 0.6) is 0 Å². The maximum absolute atomic E-state index is 10.6. The first-order chi connectivity index (χ1) is 7.00. The predicted molar refractivity (Wildman–Crippen MR) is 61.5 cm³/mol. The van der Waals surface area contributed by atoms with Crippen molar-refractivity contribution in [2.45, 2.75) is 40.0 Å². The van der Waals surface area contributed by atoms with Gasteiger partial charge in [0.1, 0.15) is 0 Å². The Labute approximate surface area is 91.3 Å². The number of rotatable bonds is 2. The van der Waals surface area contributed by atoms with Gasteiger partial charge in [0.15, 0.2) is 0 Å². The molecule has 0 spiro atoms. The molecule has 0 aromatic heterocycles. The van der Waals surface area contributed by atoms with Crippen LogP contribution in [0.3, 0.4) is 0 Å². The van der Waals surface area contributed by atoms with E-state index in [2.05, 4.69) is 31.3 Å². The highest BCUT2D eigenvalue weighted by atomic mass is 16.2. The topological polar surface area (TPSA) is 67.5 Å². The standard InChI is InChI=1S/C11H21N3O/c1-7(2)9-5-4-8(3)6-10(9)13-14-11(12)15/h7-9H,4-6H2,1-3H3,(H3,12,14,15)/b13-10+/t8-,9+/m0/s1. The minimum Gasteiger partial charge on any atom is -0.350 e. The van der Waals surface area contributed by atoms with E-state index in [9.17, 15) is 4.79 Å². The minimum absolute atomic E-state index is 0.494. The highest BCUT2D eigenvalue weighted by Gasteiger charge is 2.27. The fourth-order valence-corrected chi connectivity index (χ4v) is 2.21. The van der Waals surface area contributed by atoms with Gasteiger partial charge in [0.05, 0.1) is 0 Å². The normalized spacial score (nSPS) is 29.5. The van der Waals surface area contributed by atoms with Crippen molar-refractivity contribution in [2.75, 3.05) is 0 Å². The van der Waals surface area contributed by atoms with Crippen LogP contribution in [0, 0.1) is 17.8 Å². The lowest BCUT2D eigenvalue weighted by Crippen LogP contribution is -2.32. The average molecular weight is 211 g/mol. The largest absolute Gasteiger partial charge is 0.350 e. The van der Waals surface area contributed by atoms with Gasteiger partial charge in [-0.3, -0.25) is 0 Å². The third kappa shape index (κ3) is 3.53. The summed E-state index contributed by atoms with van der Waals surface area (Å²) < 4.78 is 0. The van der Waals surface area contributed by atoms with Crippen LogP contribution in [-0.4, -0.2) is 11.7 Å². The van der Waals surface area contributed by atoms with Gasteiger partial charge >= 0.3 is 6.03 Å². The molecule has 2 amide bonds. The molecule has 1 rings (SSSR count). The zero-order valence-corrected chi connectivity index (χ0v) is 9.79. The number of nitrogens with one attached hydrogen (secondary N) is 1. The summed E-state index contributed by atoms with van der Waals surface area (Å²) in [5.74, 6) is 1.73. The Bertz CT molecular complexity index is 261. The summed E-state index contributed by atoms with van der Waals surface area (Å²) in [4.78, 5) is 10.6. The smallest absolute Gasteiger partial charge is 0.332 e. The van der Waals surface area contributed by atoms with E-state index in [1.165, 1.54) is 6.42 Å². The van der Waals surface area contributed by atoms with Crippen molar-refractivity contribution in [3.63, 3.8) is 0 Å². The number of hydrogen-bond donors (Lipinski definition) is 2. The number of hydrazone groups is 1. The molecule has 1 aliphatic rings. The monoisotopic (exact) mass is 211 g/mol. The van der Waals surface area contributed by atoms with E-state index >= 15 is 0 Å². The van der Waals surface area contributed by atoms with Crippen molar-refractivity contribution < 1.29 is 4.79 Å². The molecule has 1 saturated carbocycles. The molecule has 0 heterocycles. The SMILES string of the molecule is CC(C)[C@H]1CC[C@H](C)C/C1=N\NC(N)=O. The van der Waals surface area contributed by atoms with Gasteiger partial charge in [0.25, 0.3) is 0 Å². The molecule has 0 aliphatic heterocycles. The Morgan fingerprint density at radius 1 is 1.53 bits per heavy atom. The summed E-state index contributed by atoms with van der Waals surface area (Å²) in [7, 11) is 0. The number of carbonyl (C=O) groups excluding carboxylic acids is 1. The van der Waals surface area contributed by atoms with Gasteiger partial charge in [0, 0.05) is 11.6 Å². The highest BCUT2D eigenvalue weighted by molar-refractivity contribution is 5.88. The number of nitrogens with zero attached hydrogens (tertiary/aromatic N) is 1. The molecule has 1 fully saturated rings. The van der Waals surface area contributed by atoms with Crippen LogP contribution in [0.1, 0.15) is 40.0 Å². The quantitative estimate of drug-likeness (QED) is 0.675. The lowest BCUT2D eigenvalue weighted by atomic mass is 9.76. The van der Waals surface area contributed by atoms with Gasteiger partial charge in [-0.25, -0.2) is 10.2 Å². The van der Waals surface area contributed by atoms with Crippen molar-refractivity contribution in [2.24, 2.45) is 28.6 Å². The van der Waals surface area contributed by atoms with Gasteiger partial charge in [0.2, 0.25) is 0 Å². The molecule has 0 unspecified atom stereocenters. The Kier molecular flexibility index (Phi) is 4.12. The molecule has 3 N–H and O–H groups in total. The van der Waals surface area contributed by atoms with E-state index in [1.807, 2.05) is 0 Å². The van der Waals surface area contributed by atoms with E-state index in [0.29, 0.717) is 17.8 Å². The summed E-state index contributed by atoms with van der Waals surface area (Å²) in [6.07, 6.45) is 3.39. The van der Waals surface area contributed by atoms with E-state index in [-0.39, 0.29) is 0 Å². The van der Waals surface area contributed by atoms with Gasteiger partial charge < -0.3 is 5.73 Å². The molecule has 0 aromatic carbocycles. The summed E-state index contributed by atoms with van der Waals surface area (Å²) in [5.41, 5.74) is 8.46. The van der Waals surface area contributed by atoms with Crippen LogP contribution in [0.2, 0.25) is 0 Å². The van der Waals surface area contributed by atoms with Crippen molar-refractivity contribution in [1.82, 2.24) is 5.43 Å². The van der Waals surface area contributed by atoms with Crippen molar-refractivity contribution >= 4 is 11.7 Å². The molecule has 4 nitrogen and oxygen atoms in total. The van der Waals surface area contributed by atoms with Crippen LogP contribution in [0.4, 0.5) is 4.79 Å². The lowest BCUT2D eigenvalue weighted by Gasteiger charge is -2.30. The Hall–Kier alpha value is -1.06. The minimum atomic E-state index is -0.580. The zero-order valence-electron chi connectivity index (χ0n) is 9.79. The van der Waals surface area contributed by atoms with Crippen LogP contribution >= 0.6 is 0 Å². The van der Waals surface area contributed by atoms with E-state index in [1.54, 1.807) is 0 Å². The molecule has 0 saturated heterocycles. The lowest BCUT2D eigenvalue weighted by molar-refractivity contribution is 0.249. The first-order valence-electron chi connectivity index (χ1n) is 5.62. The Balaban J connectivity index is 2.69. The van der Waals surface area contributed by atoms with E-state index < -0.39 is 6.03 Å². The summed E-state index contributed by atoms with van der Waals surface area (Å²) in [6, 6.07) is -0.580. The van der Waals surface area contributed by atoms with Gasteiger partial charge in [-0.05, 0) is 31.1 Å². The van der Waals surface area contributed by atoms with Crippen molar-refractivity contribution in [3.8, 4) is 0 Å². The summed E-state index contributed by atoms with van der Waals surface area (Å²) in [6.45, 7) is 6.61. The number of carbonyl (C=O) groups is 1. The molecule has 0 radical (unpaired) electrons. The Morgan fingerprint density at radius 3 is 2.73 bits per heavy atom. The van der Waals surface area contributed by atoms with E-state index in [4.69, 9.17) is 5.73 Å². The number of nitrogens with two attached hydrogens (primary N) is 1. The van der Waals surface area contributed by atoms with Crippen LogP contribution in [-0.2, 0) is 0 Å². The third-order valence-electron chi connectivity index (χ3n) is 3.07. The average Bonchev–Trinajstić information content (AvgIpc) is 2.14. The van der Waals surface area contributed by atoms with E-state index in [0.717, 1.165) is 18.6 Å². The van der Waals surface area contributed by atoms with Crippen LogP contribution in [0.15, 0.2) is 5.10 Å². The van der Waals surface area contributed by atoms with Crippen LogP contribution in [0.25, 0.3) is 0 Å². The molecule has 0 aromatic rings. The van der Waals surface area contributed by atoms with Gasteiger partial charge in [-0.2, -0.15) is 5.10 Å². The number of urea groups is 1. The molecule has 2 atom stereocenters.